The van der Waals surface area contributed by atoms with Crippen LogP contribution in [0.25, 0.3) is 0 Å². The Kier molecular flexibility index (Phi) is 2.73. The fraction of sp³-hybridized carbons (Fsp3) is 0.167. The first-order valence-corrected chi connectivity index (χ1v) is 4.81. The third kappa shape index (κ3) is 1.36. The number of carbonyl (C=O) groups excluding carboxylic acids is 1. The van der Waals surface area contributed by atoms with Gasteiger partial charge >= 0.3 is 0 Å². The van der Waals surface area contributed by atoms with Gasteiger partial charge in [0.05, 0.1) is 9.39 Å². The summed E-state index contributed by atoms with van der Waals surface area (Å²) in [6.07, 6.45) is 0.844. The van der Waals surface area contributed by atoms with E-state index in [-0.39, 0.29) is 0 Å². The van der Waals surface area contributed by atoms with Crippen molar-refractivity contribution in [3.8, 4) is 0 Å². The summed E-state index contributed by atoms with van der Waals surface area (Å²) in [6.45, 7) is 1.99. The van der Waals surface area contributed by atoms with Crippen molar-refractivity contribution in [2.24, 2.45) is 0 Å². The van der Waals surface area contributed by atoms with E-state index in [4.69, 9.17) is 0 Å². The molecule has 0 bridgehead atoms. The van der Waals surface area contributed by atoms with Crippen molar-refractivity contribution in [1.82, 2.24) is 4.98 Å². The molecular formula is C6H5I2NO. The van der Waals surface area contributed by atoms with Gasteiger partial charge in [-0.25, -0.2) is 0 Å². The number of hydrogen-bond acceptors (Lipinski definition) is 1. The number of rotatable bonds is 1. The SMILES string of the molecule is Cc1c(I)[nH]c(C=O)c1I. The fourth-order valence-electron chi connectivity index (χ4n) is 0.646. The number of nitrogens with one attached hydrogen (secondary N) is 1. The highest BCUT2D eigenvalue weighted by Crippen LogP contribution is 2.19. The van der Waals surface area contributed by atoms with Crippen LogP contribution in [0.4, 0.5) is 0 Å². The van der Waals surface area contributed by atoms with E-state index in [0.29, 0.717) is 5.69 Å². The molecule has 0 saturated heterocycles. The lowest BCUT2D eigenvalue weighted by Crippen LogP contribution is -1.80. The second-order valence-corrected chi connectivity index (χ2v) is 4.07. The minimum Gasteiger partial charge on any atom is -0.347 e. The van der Waals surface area contributed by atoms with Crippen LogP contribution < -0.4 is 0 Å². The van der Waals surface area contributed by atoms with Gasteiger partial charge in [-0.2, -0.15) is 0 Å². The lowest BCUT2D eigenvalue weighted by Gasteiger charge is -1.84. The molecule has 1 aromatic rings. The molecule has 1 rings (SSSR count). The third-order valence-electron chi connectivity index (χ3n) is 1.26. The van der Waals surface area contributed by atoms with Crippen LogP contribution in [0.15, 0.2) is 0 Å². The smallest absolute Gasteiger partial charge is 0.167 e. The summed E-state index contributed by atoms with van der Waals surface area (Å²) < 4.78 is 2.07. The number of hydrogen-bond donors (Lipinski definition) is 1. The normalized spacial score (nSPS) is 9.90. The molecule has 1 aromatic heterocycles. The van der Waals surface area contributed by atoms with Gasteiger partial charge in [-0.15, -0.1) is 0 Å². The molecule has 0 atom stereocenters. The molecule has 0 amide bonds. The minimum atomic E-state index is 0.683. The standard InChI is InChI=1S/C6H5I2NO/c1-3-5(7)4(2-10)9-6(3)8/h2,9H,1H3. The van der Waals surface area contributed by atoms with Gasteiger partial charge in [0.15, 0.2) is 6.29 Å². The van der Waals surface area contributed by atoms with Crippen molar-refractivity contribution in [2.45, 2.75) is 6.92 Å². The van der Waals surface area contributed by atoms with Crippen LogP contribution in [0.3, 0.4) is 0 Å². The van der Waals surface area contributed by atoms with Gasteiger partial charge in [-0.1, -0.05) is 0 Å². The van der Waals surface area contributed by atoms with E-state index in [1.54, 1.807) is 0 Å². The summed E-state index contributed by atoms with van der Waals surface area (Å²) in [5.74, 6) is 0. The molecule has 0 unspecified atom stereocenters. The molecule has 1 N–H and O–H groups in total. The number of carbonyl (C=O) groups is 1. The van der Waals surface area contributed by atoms with E-state index < -0.39 is 0 Å². The molecule has 4 heteroatoms. The summed E-state index contributed by atoms with van der Waals surface area (Å²) in [7, 11) is 0. The van der Waals surface area contributed by atoms with Crippen LogP contribution in [0, 0.1) is 14.2 Å². The van der Waals surface area contributed by atoms with Gasteiger partial charge in [0.1, 0.15) is 0 Å². The largest absolute Gasteiger partial charge is 0.347 e. The Labute approximate surface area is 86.1 Å². The van der Waals surface area contributed by atoms with Crippen LogP contribution in [-0.4, -0.2) is 11.3 Å². The van der Waals surface area contributed by atoms with Crippen LogP contribution >= 0.6 is 45.2 Å². The van der Waals surface area contributed by atoms with Gasteiger partial charge < -0.3 is 4.98 Å². The van der Waals surface area contributed by atoms with Gasteiger partial charge in [-0.3, -0.25) is 4.79 Å². The second-order valence-electron chi connectivity index (χ2n) is 1.91. The molecule has 2 nitrogen and oxygen atoms in total. The Morgan fingerprint density at radius 3 is 2.30 bits per heavy atom. The molecule has 0 aliphatic carbocycles. The molecule has 0 radical (unpaired) electrons. The number of aromatic nitrogens is 1. The zero-order valence-electron chi connectivity index (χ0n) is 5.24. The van der Waals surface area contributed by atoms with Crippen LogP contribution in [0.5, 0.6) is 0 Å². The van der Waals surface area contributed by atoms with Crippen molar-refractivity contribution >= 4 is 51.5 Å². The fourth-order valence-corrected chi connectivity index (χ4v) is 2.25. The lowest BCUT2D eigenvalue weighted by molar-refractivity contribution is 0.111. The number of halogens is 2. The van der Waals surface area contributed by atoms with Crippen molar-refractivity contribution in [3.63, 3.8) is 0 Å². The Morgan fingerprint density at radius 1 is 1.50 bits per heavy atom. The second kappa shape index (κ2) is 3.21. The van der Waals surface area contributed by atoms with Crippen molar-refractivity contribution in [1.29, 1.82) is 0 Å². The van der Waals surface area contributed by atoms with E-state index in [0.717, 1.165) is 19.1 Å². The molecular weight excluding hydrogens is 356 g/mol. The van der Waals surface area contributed by atoms with Crippen molar-refractivity contribution in [3.05, 3.63) is 18.5 Å². The molecule has 54 valence electrons. The lowest BCUT2D eigenvalue weighted by atomic mass is 10.3. The first kappa shape index (κ1) is 8.51. The topological polar surface area (TPSA) is 32.9 Å². The maximum Gasteiger partial charge on any atom is 0.167 e. The highest BCUT2D eigenvalue weighted by molar-refractivity contribution is 14.1. The summed E-state index contributed by atoms with van der Waals surface area (Å²) in [4.78, 5) is 13.3. The van der Waals surface area contributed by atoms with Gasteiger partial charge in [0.2, 0.25) is 0 Å². The number of H-pyrrole nitrogens is 1. The number of aldehydes is 1. The van der Waals surface area contributed by atoms with Crippen LogP contribution in [0.2, 0.25) is 0 Å². The molecule has 0 aliphatic heterocycles. The summed E-state index contributed by atoms with van der Waals surface area (Å²) >= 11 is 4.33. The Bertz CT molecular complexity index is 267. The predicted octanol–water partition coefficient (Wildman–Crippen LogP) is 2.34. The molecule has 0 aromatic carbocycles. The number of aromatic amines is 1. The van der Waals surface area contributed by atoms with E-state index in [1.807, 2.05) is 6.92 Å². The van der Waals surface area contributed by atoms with Crippen molar-refractivity contribution < 1.29 is 4.79 Å². The minimum absolute atomic E-state index is 0.683. The average Bonchev–Trinajstić information content (AvgIpc) is 2.17. The van der Waals surface area contributed by atoms with Crippen molar-refractivity contribution in [2.75, 3.05) is 0 Å². The molecule has 0 fully saturated rings. The van der Waals surface area contributed by atoms with E-state index in [9.17, 15) is 4.79 Å². The maximum absolute atomic E-state index is 10.4. The quantitative estimate of drug-likeness (QED) is 0.605. The van der Waals surface area contributed by atoms with Gasteiger partial charge in [0.25, 0.3) is 0 Å². The summed E-state index contributed by atoms with van der Waals surface area (Å²) in [6, 6.07) is 0. The summed E-state index contributed by atoms with van der Waals surface area (Å²) in [5.41, 5.74) is 1.84. The van der Waals surface area contributed by atoms with Crippen LogP contribution in [0.1, 0.15) is 16.1 Å². The van der Waals surface area contributed by atoms with Gasteiger partial charge in [0, 0.05) is 3.57 Å². The van der Waals surface area contributed by atoms with Crippen LogP contribution in [-0.2, 0) is 0 Å². The molecule has 1 heterocycles. The van der Waals surface area contributed by atoms with E-state index >= 15 is 0 Å². The summed E-state index contributed by atoms with van der Waals surface area (Å²) in [5, 5.41) is 0. The maximum atomic E-state index is 10.4. The molecule has 0 saturated carbocycles. The average molecular weight is 361 g/mol. The molecule has 10 heavy (non-hydrogen) atoms. The highest BCUT2D eigenvalue weighted by atomic mass is 127. The predicted molar refractivity (Wildman–Crippen MR) is 56.4 cm³/mol. The zero-order chi connectivity index (χ0) is 7.72. The monoisotopic (exact) mass is 361 g/mol. The van der Waals surface area contributed by atoms with E-state index in [1.165, 1.54) is 0 Å². The Morgan fingerprint density at radius 2 is 2.10 bits per heavy atom. The van der Waals surface area contributed by atoms with E-state index in [2.05, 4.69) is 50.2 Å². The third-order valence-corrected chi connectivity index (χ3v) is 3.73. The first-order chi connectivity index (χ1) is 4.66. The van der Waals surface area contributed by atoms with Gasteiger partial charge in [-0.05, 0) is 57.7 Å². The molecule has 0 spiro atoms. The Balaban J connectivity index is 3.30. The highest BCUT2D eigenvalue weighted by Gasteiger charge is 2.07. The Hall–Kier alpha value is 0.410. The molecule has 0 aliphatic rings. The first-order valence-electron chi connectivity index (χ1n) is 2.65. The zero-order valence-corrected chi connectivity index (χ0v) is 9.56.